The topological polar surface area (TPSA) is 56.3 Å². The van der Waals surface area contributed by atoms with Crippen molar-refractivity contribution in [2.45, 2.75) is 0 Å². The molecule has 1 aliphatic carbocycles. The van der Waals surface area contributed by atoms with Gasteiger partial charge in [-0.25, -0.2) is 15.0 Å². The summed E-state index contributed by atoms with van der Waals surface area (Å²) in [5, 5.41) is 18.8. The van der Waals surface area contributed by atoms with E-state index in [-0.39, 0.29) is 5.70 Å². The lowest BCUT2D eigenvalue weighted by Gasteiger charge is -2.08. The van der Waals surface area contributed by atoms with Crippen molar-refractivity contribution in [3.05, 3.63) is 130 Å². The second kappa shape index (κ2) is 8.26. The number of nitriles is 2. The van der Waals surface area contributed by atoms with Gasteiger partial charge in [-0.1, -0.05) is 60.7 Å². The first-order chi connectivity index (χ1) is 16.7. The van der Waals surface area contributed by atoms with Gasteiger partial charge < -0.3 is 0 Å². The van der Waals surface area contributed by atoms with Gasteiger partial charge in [0.05, 0.1) is 30.8 Å². The Balaban J connectivity index is 1.68. The molecule has 0 unspecified atom stereocenters. The number of allylic oxidation sites excluding steroid dienone is 1. The molecule has 0 bridgehead atoms. The summed E-state index contributed by atoms with van der Waals surface area (Å²) in [7, 11) is 0. The van der Waals surface area contributed by atoms with Gasteiger partial charge in [-0.2, -0.15) is 5.26 Å². The summed E-state index contributed by atoms with van der Waals surface area (Å²) in [5.41, 5.74) is 9.35. The van der Waals surface area contributed by atoms with Crippen molar-refractivity contribution in [2.75, 3.05) is 0 Å². The van der Waals surface area contributed by atoms with Crippen LogP contribution in [-0.4, -0.2) is 0 Å². The van der Waals surface area contributed by atoms with Crippen LogP contribution in [0.3, 0.4) is 0 Å². The van der Waals surface area contributed by atoms with Gasteiger partial charge in [0.25, 0.3) is 5.70 Å². The van der Waals surface area contributed by atoms with E-state index in [1.54, 1.807) is 24.3 Å². The highest BCUT2D eigenvalue weighted by atomic mass is 14.7. The van der Waals surface area contributed by atoms with Crippen LogP contribution in [-0.2, 0) is 0 Å². The lowest BCUT2D eigenvalue weighted by atomic mass is 9.96. The zero-order valence-corrected chi connectivity index (χ0v) is 17.9. The molecule has 0 fully saturated rings. The molecule has 5 rings (SSSR count). The van der Waals surface area contributed by atoms with Crippen molar-refractivity contribution in [3.63, 3.8) is 0 Å². The quantitative estimate of drug-likeness (QED) is 0.214. The van der Waals surface area contributed by atoms with Gasteiger partial charge in [0.2, 0.25) is 0 Å². The summed E-state index contributed by atoms with van der Waals surface area (Å²) < 4.78 is 0. The van der Waals surface area contributed by atoms with E-state index in [0.717, 1.165) is 44.5 Å². The molecule has 0 spiro atoms. The average molecular weight is 430 g/mol. The average Bonchev–Trinajstić information content (AvgIpc) is 3.22. The van der Waals surface area contributed by atoms with Crippen LogP contribution >= 0.6 is 0 Å². The predicted molar refractivity (Wildman–Crippen MR) is 132 cm³/mol. The van der Waals surface area contributed by atoms with Gasteiger partial charge in [0, 0.05) is 5.57 Å². The zero-order valence-electron chi connectivity index (χ0n) is 17.9. The minimum Gasteiger partial charge on any atom is -0.238 e. The third kappa shape index (κ3) is 3.30. The number of rotatable bonds is 2. The standard InChI is InChI=1S/C30H14N4/c1-33-24-11-7-21(8-12-24)23-10-14-26-25-13-9-22(20-5-3-19(17-31)4-6-20)15-27(25)30(28(26)16-23)29(18-32)34-2/h3-16H. The summed E-state index contributed by atoms with van der Waals surface area (Å²) in [4.78, 5) is 6.98. The fourth-order valence-corrected chi connectivity index (χ4v) is 4.33. The Labute approximate surface area is 197 Å². The highest BCUT2D eigenvalue weighted by Crippen LogP contribution is 2.48. The molecule has 0 aliphatic heterocycles. The lowest BCUT2D eigenvalue weighted by molar-refractivity contribution is 1.48. The Morgan fingerprint density at radius 2 is 1.12 bits per heavy atom. The fourth-order valence-electron chi connectivity index (χ4n) is 4.33. The van der Waals surface area contributed by atoms with Gasteiger partial charge in [-0.15, -0.1) is 0 Å². The SMILES string of the molecule is [C-]#[N+]C(C#N)=C1c2cc(-c3ccc(C#N)cc3)ccc2-c2ccc(-c3ccc([N+]#[C-])cc3)cc21. The lowest BCUT2D eigenvalue weighted by Crippen LogP contribution is -1.88. The summed E-state index contributed by atoms with van der Waals surface area (Å²) >= 11 is 0. The van der Waals surface area contributed by atoms with Gasteiger partial charge in [0.15, 0.2) is 5.69 Å². The summed E-state index contributed by atoms with van der Waals surface area (Å²) in [5.74, 6) is 0. The van der Waals surface area contributed by atoms with Crippen molar-refractivity contribution in [1.29, 1.82) is 10.5 Å². The van der Waals surface area contributed by atoms with Gasteiger partial charge in [0.1, 0.15) is 0 Å². The third-order valence-electron chi connectivity index (χ3n) is 6.00. The van der Waals surface area contributed by atoms with Crippen molar-refractivity contribution < 1.29 is 0 Å². The Bertz CT molecular complexity index is 1540. The van der Waals surface area contributed by atoms with E-state index in [4.69, 9.17) is 18.4 Å². The van der Waals surface area contributed by atoms with Crippen molar-refractivity contribution in [3.8, 4) is 45.5 Å². The first-order valence-electron chi connectivity index (χ1n) is 10.5. The normalized spacial score (nSPS) is 12.4. The largest absolute Gasteiger partial charge is 0.270 e. The van der Waals surface area contributed by atoms with Crippen LogP contribution < -0.4 is 0 Å². The number of fused-ring (bicyclic) bond motifs is 3. The molecular formula is C30H14N4. The van der Waals surface area contributed by atoms with Crippen LogP contribution in [0.1, 0.15) is 16.7 Å². The number of hydrogen-bond acceptors (Lipinski definition) is 2. The van der Waals surface area contributed by atoms with E-state index in [0.29, 0.717) is 16.8 Å². The van der Waals surface area contributed by atoms with Gasteiger partial charge in [-0.05, 0) is 68.8 Å². The maximum Gasteiger partial charge on any atom is 0.270 e. The molecule has 0 saturated heterocycles. The summed E-state index contributed by atoms with van der Waals surface area (Å²) in [6.07, 6.45) is 0. The number of hydrogen-bond donors (Lipinski definition) is 0. The second-order valence-electron chi connectivity index (χ2n) is 7.82. The van der Waals surface area contributed by atoms with E-state index in [1.165, 1.54) is 0 Å². The molecule has 0 radical (unpaired) electrons. The highest BCUT2D eigenvalue weighted by Gasteiger charge is 2.27. The fraction of sp³-hybridized carbons (Fsp3) is 0. The van der Waals surface area contributed by atoms with Crippen LogP contribution in [0.25, 0.3) is 48.6 Å². The van der Waals surface area contributed by atoms with E-state index < -0.39 is 0 Å². The minimum absolute atomic E-state index is 0.0532. The minimum atomic E-state index is 0.0532. The van der Waals surface area contributed by atoms with Crippen LogP contribution in [0.2, 0.25) is 0 Å². The first-order valence-corrected chi connectivity index (χ1v) is 10.5. The smallest absolute Gasteiger partial charge is 0.238 e. The monoisotopic (exact) mass is 430 g/mol. The molecule has 34 heavy (non-hydrogen) atoms. The second-order valence-corrected chi connectivity index (χ2v) is 7.82. The Morgan fingerprint density at radius 3 is 1.56 bits per heavy atom. The van der Waals surface area contributed by atoms with E-state index in [2.05, 4.69) is 21.8 Å². The maximum atomic E-state index is 9.75. The molecule has 0 aromatic heterocycles. The first kappa shape index (κ1) is 20.5. The Hall–Kier alpha value is -5.42. The van der Waals surface area contributed by atoms with Crippen LogP contribution in [0.5, 0.6) is 0 Å². The molecule has 4 aromatic carbocycles. The summed E-state index contributed by atoms with van der Waals surface area (Å²) in [6, 6.07) is 31.1. The van der Waals surface area contributed by atoms with Crippen LogP contribution in [0, 0.1) is 35.8 Å². The molecule has 154 valence electrons. The van der Waals surface area contributed by atoms with E-state index >= 15 is 0 Å². The molecule has 4 nitrogen and oxygen atoms in total. The van der Waals surface area contributed by atoms with Crippen molar-refractivity contribution in [1.82, 2.24) is 0 Å². The van der Waals surface area contributed by atoms with Crippen LogP contribution in [0.15, 0.2) is 90.6 Å². The third-order valence-corrected chi connectivity index (χ3v) is 6.00. The van der Waals surface area contributed by atoms with Crippen LogP contribution in [0.4, 0.5) is 5.69 Å². The highest BCUT2D eigenvalue weighted by molar-refractivity contribution is 6.05. The van der Waals surface area contributed by atoms with E-state index in [1.807, 2.05) is 60.7 Å². The number of nitrogens with zero attached hydrogens (tertiary/aromatic N) is 4. The molecule has 4 heteroatoms. The number of benzene rings is 4. The molecule has 0 amide bonds. The molecule has 0 N–H and O–H groups in total. The molecular weight excluding hydrogens is 416 g/mol. The zero-order chi connectivity index (χ0) is 23.7. The van der Waals surface area contributed by atoms with Crippen molar-refractivity contribution >= 4 is 11.3 Å². The summed E-state index contributed by atoms with van der Waals surface area (Å²) in [6.45, 7) is 14.8. The predicted octanol–water partition coefficient (Wildman–Crippen LogP) is 7.63. The Kier molecular flexibility index (Phi) is 4.97. The Morgan fingerprint density at radius 1 is 0.618 bits per heavy atom. The molecule has 1 aliphatic rings. The molecule has 0 heterocycles. The van der Waals surface area contributed by atoms with Gasteiger partial charge in [-0.3, -0.25) is 0 Å². The molecule has 0 saturated carbocycles. The van der Waals surface area contributed by atoms with Gasteiger partial charge >= 0.3 is 0 Å². The van der Waals surface area contributed by atoms with E-state index in [9.17, 15) is 5.26 Å². The maximum absolute atomic E-state index is 9.75. The van der Waals surface area contributed by atoms with Crippen molar-refractivity contribution in [2.24, 2.45) is 0 Å². The molecule has 0 atom stereocenters. The molecule has 4 aromatic rings.